The van der Waals surface area contributed by atoms with Gasteiger partial charge in [-0.15, -0.1) is 11.8 Å². The van der Waals surface area contributed by atoms with Crippen LogP contribution < -0.4 is 10.6 Å². The van der Waals surface area contributed by atoms with Crippen LogP contribution in [0.2, 0.25) is 0 Å². The van der Waals surface area contributed by atoms with Gasteiger partial charge in [0.05, 0.1) is 12.2 Å². The van der Waals surface area contributed by atoms with Gasteiger partial charge in [-0.05, 0) is 81.4 Å². The Balaban J connectivity index is 1.46. The van der Waals surface area contributed by atoms with E-state index in [0.717, 1.165) is 47.8 Å². The summed E-state index contributed by atoms with van der Waals surface area (Å²) in [4.78, 5) is 28.2. The third-order valence-electron chi connectivity index (χ3n) is 5.48. The maximum Gasteiger partial charge on any atom is 0.238 e. The van der Waals surface area contributed by atoms with Crippen molar-refractivity contribution >= 4 is 35.0 Å². The van der Waals surface area contributed by atoms with Crippen molar-refractivity contribution in [3.05, 3.63) is 53.6 Å². The fourth-order valence-corrected chi connectivity index (χ4v) is 4.11. The fraction of sp³-hybridized carbons (Fsp3) is 0.391. The molecule has 1 aliphatic heterocycles. The van der Waals surface area contributed by atoms with Crippen molar-refractivity contribution < 1.29 is 9.59 Å². The smallest absolute Gasteiger partial charge is 0.238 e. The monoisotopic (exact) mass is 411 g/mol. The van der Waals surface area contributed by atoms with Crippen LogP contribution in [0, 0.1) is 19.8 Å². The van der Waals surface area contributed by atoms with Crippen LogP contribution in [0.5, 0.6) is 0 Å². The van der Waals surface area contributed by atoms with Gasteiger partial charge in [-0.1, -0.05) is 18.2 Å². The molecule has 0 bridgehead atoms. The minimum Gasteiger partial charge on any atom is -0.325 e. The van der Waals surface area contributed by atoms with E-state index < -0.39 is 0 Å². The Morgan fingerprint density at radius 1 is 1.03 bits per heavy atom. The van der Waals surface area contributed by atoms with E-state index in [2.05, 4.69) is 22.5 Å². The van der Waals surface area contributed by atoms with Crippen molar-refractivity contribution in [2.24, 2.45) is 5.92 Å². The maximum absolute atomic E-state index is 12.6. The number of para-hydroxylation sites is 1. The van der Waals surface area contributed by atoms with E-state index in [1.165, 1.54) is 5.56 Å². The highest BCUT2D eigenvalue weighted by Crippen LogP contribution is 2.26. The molecular weight excluding hydrogens is 382 g/mol. The Morgan fingerprint density at radius 3 is 2.45 bits per heavy atom. The topological polar surface area (TPSA) is 61.4 Å². The lowest BCUT2D eigenvalue weighted by atomic mass is 9.96. The second kappa shape index (κ2) is 9.94. The lowest BCUT2D eigenvalue weighted by molar-refractivity contribution is -0.121. The largest absolute Gasteiger partial charge is 0.325 e. The van der Waals surface area contributed by atoms with Gasteiger partial charge < -0.3 is 10.6 Å². The molecule has 0 unspecified atom stereocenters. The molecule has 2 aromatic rings. The number of rotatable bonds is 6. The van der Waals surface area contributed by atoms with Crippen molar-refractivity contribution in [2.75, 3.05) is 36.5 Å². The number of hydrogen-bond donors (Lipinski definition) is 2. The van der Waals surface area contributed by atoms with Crippen LogP contribution in [0.15, 0.2) is 47.4 Å². The summed E-state index contributed by atoms with van der Waals surface area (Å²) >= 11 is 1.63. The molecule has 2 amide bonds. The summed E-state index contributed by atoms with van der Waals surface area (Å²) in [6.45, 7) is 5.96. The number of carbonyl (C=O) groups is 2. The van der Waals surface area contributed by atoms with Crippen LogP contribution in [0.25, 0.3) is 0 Å². The first-order valence-electron chi connectivity index (χ1n) is 9.99. The lowest BCUT2D eigenvalue weighted by Crippen LogP contribution is -2.41. The van der Waals surface area contributed by atoms with Gasteiger partial charge in [0.25, 0.3) is 0 Å². The number of aryl methyl sites for hydroxylation is 2. The van der Waals surface area contributed by atoms with Crippen molar-refractivity contribution in [3.8, 4) is 0 Å². The molecule has 6 heteroatoms. The summed E-state index contributed by atoms with van der Waals surface area (Å²) in [5, 5.41) is 6.05. The molecule has 29 heavy (non-hydrogen) atoms. The lowest BCUT2D eigenvalue weighted by Gasteiger charge is -2.30. The minimum atomic E-state index is -0.0102. The zero-order chi connectivity index (χ0) is 20.8. The van der Waals surface area contributed by atoms with Crippen LogP contribution in [0.4, 0.5) is 11.4 Å². The fourth-order valence-electron chi connectivity index (χ4n) is 3.56. The summed E-state index contributed by atoms with van der Waals surface area (Å²) < 4.78 is 0. The van der Waals surface area contributed by atoms with Crippen molar-refractivity contribution in [1.82, 2.24) is 4.90 Å². The summed E-state index contributed by atoms with van der Waals surface area (Å²) in [7, 11) is 0. The maximum atomic E-state index is 12.6. The number of nitrogens with one attached hydrogen (secondary N) is 2. The second-order valence-corrected chi connectivity index (χ2v) is 8.44. The van der Waals surface area contributed by atoms with E-state index in [9.17, 15) is 9.59 Å². The van der Waals surface area contributed by atoms with Gasteiger partial charge in [0.2, 0.25) is 11.8 Å². The molecule has 0 saturated carbocycles. The number of piperidine rings is 1. The number of carbonyl (C=O) groups excluding carboxylic acids is 2. The van der Waals surface area contributed by atoms with E-state index in [1.807, 2.05) is 55.6 Å². The number of nitrogens with zero attached hydrogens (tertiary/aromatic N) is 1. The first-order chi connectivity index (χ1) is 14.0. The predicted octanol–water partition coefficient (Wildman–Crippen LogP) is 4.31. The van der Waals surface area contributed by atoms with Crippen LogP contribution in [0.1, 0.15) is 24.0 Å². The zero-order valence-electron chi connectivity index (χ0n) is 17.3. The molecule has 1 fully saturated rings. The Hall–Kier alpha value is -2.31. The Bertz CT molecular complexity index is 876. The van der Waals surface area contributed by atoms with E-state index >= 15 is 0 Å². The van der Waals surface area contributed by atoms with Crippen LogP contribution in [-0.4, -0.2) is 42.6 Å². The zero-order valence-corrected chi connectivity index (χ0v) is 18.1. The standard InChI is InChI=1S/C23H29N3O2S/c1-16-8-9-19(14-17(16)2)24-22(27)15-26-12-10-18(11-13-26)23(28)25-20-6-4-5-7-21(20)29-3/h4-9,14,18H,10-13,15H2,1-3H3,(H,24,27)(H,25,28). The molecule has 1 aliphatic rings. The van der Waals surface area contributed by atoms with Gasteiger partial charge in [0, 0.05) is 16.5 Å². The molecule has 0 aliphatic carbocycles. The molecule has 154 valence electrons. The third-order valence-corrected chi connectivity index (χ3v) is 6.28. The molecule has 2 aromatic carbocycles. The average molecular weight is 412 g/mol. The SMILES string of the molecule is CSc1ccccc1NC(=O)C1CCN(CC(=O)Nc2ccc(C)c(C)c2)CC1. The highest BCUT2D eigenvalue weighted by Gasteiger charge is 2.26. The van der Waals surface area contributed by atoms with E-state index in [4.69, 9.17) is 0 Å². The molecule has 5 nitrogen and oxygen atoms in total. The summed E-state index contributed by atoms with van der Waals surface area (Å²) in [5.74, 6) is 0.0553. The number of likely N-dealkylation sites (tertiary alicyclic amines) is 1. The highest BCUT2D eigenvalue weighted by atomic mass is 32.2. The summed E-state index contributed by atoms with van der Waals surface area (Å²) in [5.41, 5.74) is 4.08. The molecular formula is C23H29N3O2S. The summed E-state index contributed by atoms with van der Waals surface area (Å²) in [6.07, 6.45) is 3.54. The predicted molar refractivity (Wildman–Crippen MR) is 121 cm³/mol. The third kappa shape index (κ3) is 5.84. The quantitative estimate of drug-likeness (QED) is 0.695. The van der Waals surface area contributed by atoms with E-state index in [1.54, 1.807) is 11.8 Å². The van der Waals surface area contributed by atoms with Crippen LogP contribution >= 0.6 is 11.8 Å². The Labute approximate surface area is 177 Å². The number of hydrogen-bond acceptors (Lipinski definition) is 4. The number of thioether (sulfide) groups is 1. The molecule has 0 atom stereocenters. The van der Waals surface area contributed by atoms with Crippen molar-refractivity contribution in [3.63, 3.8) is 0 Å². The van der Waals surface area contributed by atoms with Gasteiger partial charge in [-0.25, -0.2) is 0 Å². The van der Waals surface area contributed by atoms with Crippen molar-refractivity contribution in [1.29, 1.82) is 0 Å². The van der Waals surface area contributed by atoms with Crippen LogP contribution in [-0.2, 0) is 9.59 Å². The van der Waals surface area contributed by atoms with Gasteiger partial charge in [-0.2, -0.15) is 0 Å². The number of benzene rings is 2. The average Bonchev–Trinajstić information content (AvgIpc) is 2.71. The normalized spacial score (nSPS) is 15.1. The van der Waals surface area contributed by atoms with Gasteiger partial charge in [-0.3, -0.25) is 14.5 Å². The van der Waals surface area contributed by atoms with Gasteiger partial charge in [0.1, 0.15) is 0 Å². The van der Waals surface area contributed by atoms with Crippen molar-refractivity contribution in [2.45, 2.75) is 31.6 Å². The number of amides is 2. The van der Waals surface area contributed by atoms with E-state index in [-0.39, 0.29) is 17.7 Å². The minimum absolute atomic E-state index is 0.00921. The highest BCUT2D eigenvalue weighted by molar-refractivity contribution is 7.98. The van der Waals surface area contributed by atoms with Crippen LogP contribution in [0.3, 0.4) is 0 Å². The first kappa shape index (κ1) is 21.4. The van der Waals surface area contributed by atoms with E-state index in [0.29, 0.717) is 6.54 Å². The molecule has 0 radical (unpaired) electrons. The molecule has 0 aromatic heterocycles. The molecule has 2 N–H and O–H groups in total. The number of anilines is 2. The second-order valence-electron chi connectivity index (χ2n) is 7.59. The molecule has 1 heterocycles. The molecule has 0 spiro atoms. The first-order valence-corrected chi connectivity index (χ1v) is 11.2. The molecule has 3 rings (SSSR count). The Kier molecular flexibility index (Phi) is 7.34. The molecule has 1 saturated heterocycles. The van der Waals surface area contributed by atoms with Gasteiger partial charge >= 0.3 is 0 Å². The van der Waals surface area contributed by atoms with Gasteiger partial charge in [0.15, 0.2) is 0 Å². The summed E-state index contributed by atoms with van der Waals surface area (Å²) in [6, 6.07) is 13.8. The Morgan fingerprint density at radius 2 is 1.76 bits per heavy atom.